The van der Waals surface area contributed by atoms with E-state index >= 15 is 0 Å². The van der Waals surface area contributed by atoms with Crippen LogP contribution in [-0.2, 0) is 0 Å². The third kappa shape index (κ3) is 2.94. The van der Waals surface area contributed by atoms with Gasteiger partial charge in [0.2, 0.25) is 0 Å². The summed E-state index contributed by atoms with van der Waals surface area (Å²) < 4.78 is 0. The fourth-order valence-electron chi connectivity index (χ4n) is 1.62. The van der Waals surface area contributed by atoms with E-state index in [4.69, 9.17) is 11.6 Å². The Morgan fingerprint density at radius 1 is 1.41 bits per heavy atom. The van der Waals surface area contributed by atoms with Crippen LogP contribution < -0.4 is 4.90 Å². The largest absolute Gasteiger partial charge is 0.367 e. The van der Waals surface area contributed by atoms with Crippen LogP contribution in [0.3, 0.4) is 0 Å². The van der Waals surface area contributed by atoms with E-state index in [0.29, 0.717) is 18.8 Å². The number of hydrogen-bond donors (Lipinski definition) is 0. The zero-order valence-corrected chi connectivity index (χ0v) is 10.4. The predicted octanol–water partition coefficient (Wildman–Crippen LogP) is 2.82. The normalized spacial score (nSPS) is 10.1. The van der Waals surface area contributed by atoms with Gasteiger partial charge >= 0.3 is 0 Å². The van der Waals surface area contributed by atoms with Gasteiger partial charge in [-0.2, -0.15) is 0 Å². The molecular formula is C11H13ClN2O3. The van der Waals surface area contributed by atoms with Crippen LogP contribution in [-0.4, -0.2) is 23.3 Å². The average Bonchev–Trinajstić information content (AvgIpc) is 2.30. The monoisotopic (exact) mass is 256 g/mol. The highest BCUT2D eigenvalue weighted by molar-refractivity contribution is 6.67. The van der Waals surface area contributed by atoms with Crippen LogP contribution >= 0.6 is 11.6 Å². The van der Waals surface area contributed by atoms with Crippen molar-refractivity contribution in [2.24, 2.45) is 0 Å². The number of carbonyl (C=O) groups is 1. The van der Waals surface area contributed by atoms with Crippen LogP contribution in [0.4, 0.5) is 11.4 Å². The molecule has 0 saturated carbocycles. The summed E-state index contributed by atoms with van der Waals surface area (Å²) in [4.78, 5) is 23.3. The molecule has 0 unspecified atom stereocenters. The van der Waals surface area contributed by atoms with Gasteiger partial charge in [-0.1, -0.05) is 0 Å². The molecule has 1 rings (SSSR count). The third-order valence-electron chi connectivity index (χ3n) is 2.50. The second-order valence-electron chi connectivity index (χ2n) is 3.41. The second-order valence-corrected chi connectivity index (χ2v) is 3.75. The zero-order chi connectivity index (χ0) is 13.0. The Balaban J connectivity index is 3.31. The number of anilines is 1. The van der Waals surface area contributed by atoms with Crippen molar-refractivity contribution in [3.63, 3.8) is 0 Å². The molecule has 6 heteroatoms. The van der Waals surface area contributed by atoms with Gasteiger partial charge in [-0.15, -0.1) is 0 Å². The van der Waals surface area contributed by atoms with Gasteiger partial charge < -0.3 is 4.90 Å². The zero-order valence-electron chi connectivity index (χ0n) is 9.64. The summed E-state index contributed by atoms with van der Waals surface area (Å²) in [5.41, 5.74) is 0.538. The van der Waals surface area contributed by atoms with Crippen LogP contribution in [0.15, 0.2) is 18.2 Å². The van der Waals surface area contributed by atoms with E-state index < -0.39 is 10.2 Å². The summed E-state index contributed by atoms with van der Waals surface area (Å²) in [5, 5.41) is 10.3. The molecule has 0 bridgehead atoms. The van der Waals surface area contributed by atoms with Gasteiger partial charge in [-0.05, 0) is 37.6 Å². The van der Waals surface area contributed by atoms with Crippen LogP contribution in [0.5, 0.6) is 0 Å². The van der Waals surface area contributed by atoms with Gasteiger partial charge in [0, 0.05) is 24.7 Å². The Hall–Kier alpha value is -1.62. The number of rotatable bonds is 5. The highest BCUT2D eigenvalue weighted by Crippen LogP contribution is 2.29. The Morgan fingerprint density at radius 3 is 2.41 bits per heavy atom. The molecule has 0 aliphatic rings. The van der Waals surface area contributed by atoms with E-state index in [1.165, 1.54) is 12.1 Å². The Kier molecular flexibility index (Phi) is 4.45. The maximum atomic E-state index is 11.0. The van der Waals surface area contributed by atoms with Crippen LogP contribution in [0.2, 0.25) is 0 Å². The minimum absolute atomic E-state index is 0.0970. The van der Waals surface area contributed by atoms with E-state index in [1.807, 2.05) is 18.7 Å². The molecule has 1 aromatic rings. The molecule has 0 heterocycles. The third-order valence-corrected chi connectivity index (χ3v) is 2.72. The Labute approximate surface area is 104 Å². The molecule has 0 spiro atoms. The second kappa shape index (κ2) is 5.63. The smallest absolute Gasteiger partial charge is 0.293 e. The van der Waals surface area contributed by atoms with E-state index in [9.17, 15) is 14.9 Å². The minimum atomic E-state index is -0.695. The fourth-order valence-corrected chi connectivity index (χ4v) is 1.74. The minimum Gasteiger partial charge on any atom is -0.367 e. The fraction of sp³-hybridized carbons (Fsp3) is 0.364. The summed E-state index contributed by atoms with van der Waals surface area (Å²) in [6.45, 7) is 5.14. The number of nitro benzene ring substituents is 1. The van der Waals surface area contributed by atoms with Crippen molar-refractivity contribution >= 4 is 28.2 Å². The number of carbonyl (C=O) groups excluding carboxylic acids is 1. The van der Waals surface area contributed by atoms with Crippen LogP contribution in [0.25, 0.3) is 0 Å². The molecule has 0 atom stereocenters. The van der Waals surface area contributed by atoms with Gasteiger partial charge in [0.15, 0.2) is 0 Å². The average molecular weight is 257 g/mol. The van der Waals surface area contributed by atoms with E-state index in [1.54, 1.807) is 6.07 Å². The lowest BCUT2D eigenvalue weighted by molar-refractivity contribution is -0.384. The van der Waals surface area contributed by atoms with Crippen molar-refractivity contribution in [2.75, 3.05) is 18.0 Å². The number of nitro groups is 1. The molecule has 5 nitrogen and oxygen atoms in total. The maximum Gasteiger partial charge on any atom is 0.293 e. The lowest BCUT2D eigenvalue weighted by Gasteiger charge is -2.20. The van der Waals surface area contributed by atoms with Gasteiger partial charge in [0.25, 0.3) is 10.9 Å². The topological polar surface area (TPSA) is 63.5 Å². The molecule has 92 valence electrons. The standard InChI is InChI=1S/C11H13ClN2O3/c1-3-13(4-2)9-6-5-8(11(12)15)7-10(9)14(16)17/h5-7H,3-4H2,1-2H3. The van der Waals surface area contributed by atoms with Crippen LogP contribution in [0.1, 0.15) is 24.2 Å². The Bertz CT molecular complexity index is 444. The lowest BCUT2D eigenvalue weighted by Crippen LogP contribution is -2.22. The predicted molar refractivity (Wildman–Crippen MR) is 66.8 cm³/mol. The molecule has 0 aliphatic heterocycles. The maximum absolute atomic E-state index is 11.0. The number of hydrogen-bond acceptors (Lipinski definition) is 4. The summed E-state index contributed by atoms with van der Waals surface area (Å²) in [5.74, 6) is 0. The van der Waals surface area contributed by atoms with Gasteiger partial charge in [-0.3, -0.25) is 14.9 Å². The van der Waals surface area contributed by atoms with Crippen molar-refractivity contribution in [2.45, 2.75) is 13.8 Å². The molecule has 0 amide bonds. The van der Waals surface area contributed by atoms with Crippen molar-refractivity contribution in [3.8, 4) is 0 Å². The first-order valence-corrected chi connectivity index (χ1v) is 5.62. The molecule has 1 aromatic carbocycles. The molecule has 0 aliphatic carbocycles. The number of nitrogens with zero attached hydrogens (tertiary/aromatic N) is 2. The van der Waals surface area contributed by atoms with Crippen molar-refractivity contribution in [1.82, 2.24) is 0 Å². The van der Waals surface area contributed by atoms with E-state index in [0.717, 1.165) is 0 Å². The summed E-state index contributed by atoms with van der Waals surface area (Å²) >= 11 is 5.30. The van der Waals surface area contributed by atoms with Crippen molar-refractivity contribution in [3.05, 3.63) is 33.9 Å². The van der Waals surface area contributed by atoms with E-state index in [2.05, 4.69) is 0 Å². The molecule has 0 radical (unpaired) electrons. The first-order chi connectivity index (χ1) is 8.01. The summed E-state index contributed by atoms with van der Waals surface area (Å²) in [6.07, 6.45) is 0. The highest BCUT2D eigenvalue weighted by Gasteiger charge is 2.19. The SMILES string of the molecule is CCN(CC)c1ccc(C(=O)Cl)cc1[N+](=O)[O-]. The summed E-state index contributed by atoms with van der Waals surface area (Å²) in [7, 11) is 0. The lowest BCUT2D eigenvalue weighted by atomic mass is 10.1. The number of halogens is 1. The molecule has 17 heavy (non-hydrogen) atoms. The number of benzene rings is 1. The highest BCUT2D eigenvalue weighted by atomic mass is 35.5. The molecule has 0 aromatic heterocycles. The Morgan fingerprint density at radius 2 is 2.00 bits per heavy atom. The van der Waals surface area contributed by atoms with Gasteiger partial charge in [0.1, 0.15) is 5.69 Å². The molecular weight excluding hydrogens is 244 g/mol. The van der Waals surface area contributed by atoms with E-state index in [-0.39, 0.29) is 11.3 Å². The summed E-state index contributed by atoms with van der Waals surface area (Å²) in [6, 6.07) is 4.26. The first kappa shape index (κ1) is 13.4. The van der Waals surface area contributed by atoms with Gasteiger partial charge in [0.05, 0.1) is 4.92 Å². The quantitative estimate of drug-likeness (QED) is 0.462. The molecule has 0 saturated heterocycles. The van der Waals surface area contributed by atoms with Crippen molar-refractivity contribution in [1.29, 1.82) is 0 Å². The molecule has 0 N–H and O–H groups in total. The molecule has 0 fully saturated rings. The first-order valence-electron chi connectivity index (χ1n) is 5.24. The van der Waals surface area contributed by atoms with Crippen molar-refractivity contribution < 1.29 is 9.72 Å². The van der Waals surface area contributed by atoms with Crippen LogP contribution in [0, 0.1) is 10.1 Å². The van der Waals surface area contributed by atoms with Gasteiger partial charge in [-0.25, -0.2) is 0 Å².